The minimum absolute atomic E-state index is 0.138. The number of hydrogen-bond acceptors (Lipinski definition) is 5. The van der Waals surface area contributed by atoms with Crippen LogP contribution in [-0.2, 0) is 19.6 Å². The molecule has 1 aromatic carbocycles. The van der Waals surface area contributed by atoms with Gasteiger partial charge in [-0.15, -0.1) is 0 Å². The van der Waals surface area contributed by atoms with Crippen LogP contribution >= 0.6 is 0 Å². The van der Waals surface area contributed by atoms with Gasteiger partial charge in [-0.05, 0) is 31.0 Å². The number of sulfonamides is 1. The molecule has 2 aliphatic rings. The molecule has 0 bridgehead atoms. The van der Waals surface area contributed by atoms with Crippen LogP contribution in [0.3, 0.4) is 0 Å². The number of imide groups is 1. The predicted molar refractivity (Wildman–Crippen MR) is 96.3 cm³/mol. The molecule has 146 valence electrons. The summed E-state index contributed by atoms with van der Waals surface area (Å²) < 4.78 is 27.2. The lowest BCUT2D eigenvalue weighted by Gasteiger charge is -2.34. The van der Waals surface area contributed by atoms with Crippen molar-refractivity contribution in [1.82, 2.24) is 19.8 Å². The number of aryl methyl sites for hydroxylation is 2. The van der Waals surface area contributed by atoms with Crippen molar-refractivity contribution in [3.8, 4) is 0 Å². The van der Waals surface area contributed by atoms with Gasteiger partial charge < -0.3 is 10.2 Å². The summed E-state index contributed by atoms with van der Waals surface area (Å²) >= 11 is 0. The van der Waals surface area contributed by atoms with Crippen molar-refractivity contribution in [2.24, 2.45) is 0 Å². The van der Waals surface area contributed by atoms with E-state index in [9.17, 15) is 22.8 Å². The van der Waals surface area contributed by atoms with Gasteiger partial charge in [0.05, 0.1) is 11.3 Å². The second kappa shape index (κ2) is 7.28. The molecular weight excluding hydrogens is 372 g/mol. The van der Waals surface area contributed by atoms with Crippen molar-refractivity contribution >= 4 is 27.9 Å². The fourth-order valence-corrected chi connectivity index (χ4v) is 4.94. The van der Waals surface area contributed by atoms with Gasteiger partial charge in [-0.1, -0.05) is 12.1 Å². The van der Waals surface area contributed by atoms with Gasteiger partial charge in [0.1, 0.15) is 6.04 Å². The zero-order valence-electron chi connectivity index (χ0n) is 15.2. The zero-order valence-corrected chi connectivity index (χ0v) is 16.0. The molecule has 0 aliphatic carbocycles. The lowest BCUT2D eigenvalue weighted by molar-refractivity contribution is -0.134. The number of rotatable bonds is 4. The fourth-order valence-electron chi connectivity index (χ4n) is 3.21. The molecule has 2 heterocycles. The quantitative estimate of drug-likeness (QED) is 0.683. The van der Waals surface area contributed by atoms with Crippen LogP contribution in [0.15, 0.2) is 23.1 Å². The van der Waals surface area contributed by atoms with Crippen LogP contribution in [-0.4, -0.2) is 67.7 Å². The van der Waals surface area contributed by atoms with Crippen LogP contribution in [0.4, 0.5) is 4.79 Å². The maximum Gasteiger partial charge on any atom is 0.322 e. The molecule has 4 amide bonds. The number of carbonyl (C=O) groups excluding carboxylic acids is 3. The van der Waals surface area contributed by atoms with E-state index in [2.05, 4.69) is 10.6 Å². The Labute approximate surface area is 157 Å². The summed E-state index contributed by atoms with van der Waals surface area (Å²) in [5, 5.41) is 4.47. The van der Waals surface area contributed by atoms with E-state index < -0.39 is 28.0 Å². The molecule has 3 rings (SSSR count). The highest BCUT2D eigenvalue weighted by Gasteiger charge is 2.35. The Morgan fingerprint density at radius 3 is 2.41 bits per heavy atom. The van der Waals surface area contributed by atoms with Crippen LogP contribution in [0.1, 0.15) is 17.5 Å². The second-order valence-electron chi connectivity index (χ2n) is 6.77. The van der Waals surface area contributed by atoms with E-state index in [4.69, 9.17) is 0 Å². The van der Waals surface area contributed by atoms with Gasteiger partial charge in [-0.25, -0.2) is 13.2 Å². The third-order valence-corrected chi connectivity index (χ3v) is 6.83. The average Bonchev–Trinajstić information content (AvgIpc) is 2.94. The minimum Gasteiger partial charge on any atom is -0.340 e. The number of carbonyl (C=O) groups is 3. The first-order valence-corrected chi connectivity index (χ1v) is 10.1. The Hall–Kier alpha value is -2.46. The summed E-state index contributed by atoms with van der Waals surface area (Å²) in [5.74, 6) is -0.814. The lowest BCUT2D eigenvalue weighted by atomic mass is 10.2. The zero-order chi connectivity index (χ0) is 19.8. The molecule has 2 aliphatic heterocycles. The third kappa shape index (κ3) is 3.96. The van der Waals surface area contributed by atoms with E-state index in [1.807, 2.05) is 13.0 Å². The molecule has 1 aromatic rings. The van der Waals surface area contributed by atoms with Gasteiger partial charge in [-0.2, -0.15) is 4.31 Å². The van der Waals surface area contributed by atoms with Gasteiger partial charge in [0.15, 0.2) is 0 Å². The van der Waals surface area contributed by atoms with Gasteiger partial charge >= 0.3 is 6.03 Å². The lowest BCUT2D eigenvalue weighted by Crippen LogP contribution is -2.51. The summed E-state index contributed by atoms with van der Waals surface area (Å²) in [5.41, 5.74) is 1.55. The third-order valence-electron chi connectivity index (χ3n) is 4.79. The molecule has 0 saturated carbocycles. The largest absolute Gasteiger partial charge is 0.340 e. The van der Waals surface area contributed by atoms with Crippen LogP contribution < -0.4 is 10.6 Å². The van der Waals surface area contributed by atoms with E-state index in [0.717, 1.165) is 5.56 Å². The summed E-state index contributed by atoms with van der Waals surface area (Å²) in [6.45, 7) is 4.45. The molecule has 27 heavy (non-hydrogen) atoms. The van der Waals surface area contributed by atoms with Gasteiger partial charge in [0, 0.05) is 26.2 Å². The first-order valence-electron chi connectivity index (χ1n) is 8.65. The molecule has 0 unspecified atom stereocenters. The molecule has 2 N–H and O–H groups in total. The van der Waals surface area contributed by atoms with Gasteiger partial charge in [-0.3, -0.25) is 14.9 Å². The Morgan fingerprint density at radius 1 is 1.15 bits per heavy atom. The summed E-state index contributed by atoms with van der Waals surface area (Å²) in [4.78, 5) is 36.8. The Kier molecular flexibility index (Phi) is 5.20. The van der Waals surface area contributed by atoms with Crippen LogP contribution in [0, 0.1) is 13.8 Å². The van der Waals surface area contributed by atoms with E-state index in [1.165, 1.54) is 9.21 Å². The average molecular weight is 394 g/mol. The molecule has 0 radical (unpaired) electrons. The summed E-state index contributed by atoms with van der Waals surface area (Å²) in [6.07, 6.45) is -0.138. The molecule has 9 nitrogen and oxygen atoms in total. The number of nitrogens with zero attached hydrogens (tertiary/aromatic N) is 2. The Morgan fingerprint density at radius 2 is 1.81 bits per heavy atom. The Bertz CT molecular complexity index is 891. The Balaban J connectivity index is 1.63. The predicted octanol–water partition coefficient (Wildman–Crippen LogP) is -0.266. The van der Waals surface area contributed by atoms with Gasteiger partial charge in [0.25, 0.3) is 5.91 Å². The van der Waals surface area contributed by atoms with Crippen LogP contribution in [0.25, 0.3) is 0 Å². The molecular formula is C17H22N4O5S. The fraction of sp³-hybridized carbons (Fsp3) is 0.471. The molecule has 0 spiro atoms. The van der Waals surface area contributed by atoms with Crippen LogP contribution in [0.5, 0.6) is 0 Å². The van der Waals surface area contributed by atoms with Crippen LogP contribution in [0.2, 0.25) is 0 Å². The van der Waals surface area contributed by atoms with Crippen molar-refractivity contribution in [2.75, 3.05) is 26.2 Å². The van der Waals surface area contributed by atoms with Crippen molar-refractivity contribution in [1.29, 1.82) is 0 Å². The number of piperazine rings is 1. The number of nitrogens with one attached hydrogen (secondary N) is 2. The van der Waals surface area contributed by atoms with E-state index in [0.29, 0.717) is 5.56 Å². The highest BCUT2D eigenvalue weighted by Crippen LogP contribution is 2.22. The highest BCUT2D eigenvalue weighted by atomic mass is 32.2. The molecule has 2 fully saturated rings. The number of urea groups is 1. The number of hydrogen-bond donors (Lipinski definition) is 2. The summed E-state index contributed by atoms with van der Waals surface area (Å²) in [7, 11) is -3.63. The molecule has 10 heteroatoms. The smallest absolute Gasteiger partial charge is 0.322 e. The second-order valence-corrected chi connectivity index (χ2v) is 8.68. The molecule has 1 atom stereocenters. The molecule has 0 aromatic heterocycles. The topological polar surface area (TPSA) is 116 Å². The monoisotopic (exact) mass is 394 g/mol. The first kappa shape index (κ1) is 19.3. The maximum atomic E-state index is 12.9. The van der Waals surface area contributed by atoms with E-state index in [1.54, 1.807) is 19.1 Å². The standard InChI is InChI=1S/C17H22N4O5S/c1-11-3-4-12(2)14(9-11)27(25,26)21-7-5-20(6-8-21)15(22)10-13-16(23)19-17(24)18-13/h3-4,9,13H,5-8,10H2,1-2H3,(H2,18,19,23,24)/t13-/m0/s1. The minimum atomic E-state index is -3.63. The number of benzene rings is 1. The van der Waals surface area contributed by atoms with Crippen molar-refractivity contribution in [3.05, 3.63) is 29.3 Å². The highest BCUT2D eigenvalue weighted by molar-refractivity contribution is 7.89. The number of amides is 4. The molecule has 2 saturated heterocycles. The SMILES string of the molecule is Cc1ccc(C)c(S(=O)(=O)N2CCN(C(=O)C[C@@H]3NC(=O)NC3=O)CC2)c1. The van der Waals surface area contributed by atoms with Crippen molar-refractivity contribution in [3.63, 3.8) is 0 Å². The van der Waals surface area contributed by atoms with Gasteiger partial charge in [0.2, 0.25) is 15.9 Å². The normalized spacial score (nSPS) is 21.1. The first-order chi connectivity index (χ1) is 12.7. The summed E-state index contributed by atoms with van der Waals surface area (Å²) in [6, 6.07) is 3.82. The van der Waals surface area contributed by atoms with E-state index in [-0.39, 0.29) is 43.4 Å². The van der Waals surface area contributed by atoms with Crippen molar-refractivity contribution < 1.29 is 22.8 Å². The van der Waals surface area contributed by atoms with Crippen molar-refractivity contribution in [2.45, 2.75) is 31.2 Å². The van der Waals surface area contributed by atoms with E-state index >= 15 is 0 Å². The maximum absolute atomic E-state index is 12.9.